The number of carbonyl (C=O) groups is 3. The zero-order valence-electron chi connectivity index (χ0n) is 9.30. The van der Waals surface area contributed by atoms with Crippen molar-refractivity contribution in [3.05, 3.63) is 0 Å². The maximum Gasteiger partial charge on any atom is 0.304 e. The summed E-state index contributed by atoms with van der Waals surface area (Å²) in [6, 6.07) is 0. The number of rotatable bonds is 5. The van der Waals surface area contributed by atoms with E-state index < -0.39 is 11.2 Å². The van der Waals surface area contributed by atoms with E-state index in [-0.39, 0.29) is 29.9 Å². The molecular formula is C10H15NO4S. The predicted octanol–water partition coefficient (Wildman–Crippen LogP) is 0.730. The molecule has 2 atom stereocenters. The third kappa shape index (κ3) is 2.98. The quantitative estimate of drug-likeness (QED) is 0.723. The molecule has 0 radical (unpaired) electrons. The maximum absolute atomic E-state index is 11.7. The molecule has 2 amide bonds. The van der Waals surface area contributed by atoms with E-state index in [1.165, 1.54) is 16.7 Å². The third-order valence-electron chi connectivity index (χ3n) is 2.38. The van der Waals surface area contributed by atoms with Gasteiger partial charge < -0.3 is 5.11 Å². The molecule has 1 rings (SSSR count). The average molecular weight is 245 g/mol. The molecular weight excluding hydrogens is 230 g/mol. The standard InChI is InChI=1S/C10H15NO4S/c1-3-11-8(12)5-7(10(11)15)16-6(2)4-9(13)14/h6-7H,3-5H2,1-2H3,(H,13,14). The number of carboxylic acid groups (broad SMARTS) is 1. The fraction of sp³-hybridized carbons (Fsp3) is 0.700. The first-order chi connectivity index (χ1) is 7.45. The zero-order valence-corrected chi connectivity index (χ0v) is 10.1. The number of carbonyl (C=O) groups excluding carboxylic acids is 2. The van der Waals surface area contributed by atoms with Gasteiger partial charge in [0.15, 0.2) is 0 Å². The smallest absolute Gasteiger partial charge is 0.304 e. The molecule has 1 N–H and O–H groups in total. The van der Waals surface area contributed by atoms with Crippen molar-refractivity contribution in [3.63, 3.8) is 0 Å². The Labute approximate surface area is 98.2 Å². The van der Waals surface area contributed by atoms with Crippen molar-refractivity contribution < 1.29 is 19.5 Å². The number of amides is 2. The monoisotopic (exact) mass is 245 g/mol. The first-order valence-electron chi connectivity index (χ1n) is 5.17. The van der Waals surface area contributed by atoms with Gasteiger partial charge in [0.25, 0.3) is 0 Å². The summed E-state index contributed by atoms with van der Waals surface area (Å²) in [5, 5.41) is 8.04. The van der Waals surface area contributed by atoms with Gasteiger partial charge in [-0.2, -0.15) is 0 Å². The topological polar surface area (TPSA) is 74.7 Å². The Balaban J connectivity index is 2.54. The minimum atomic E-state index is -0.885. The van der Waals surface area contributed by atoms with Gasteiger partial charge in [0, 0.05) is 18.2 Å². The largest absolute Gasteiger partial charge is 0.481 e. The number of nitrogens with zero attached hydrogens (tertiary/aromatic N) is 1. The summed E-state index contributed by atoms with van der Waals surface area (Å²) in [6.07, 6.45) is 0.204. The van der Waals surface area contributed by atoms with Gasteiger partial charge in [-0.3, -0.25) is 19.3 Å². The van der Waals surface area contributed by atoms with Gasteiger partial charge in [0.05, 0.1) is 11.7 Å². The van der Waals surface area contributed by atoms with E-state index in [9.17, 15) is 14.4 Å². The van der Waals surface area contributed by atoms with Crippen molar-refractivity contribution >= 4 is 29.5 Å². The Morgan fingerprint density at radius 2 is 2.25 bits per heavy atom. The van der Waals surface area contributed by atoms with E-state index in [2.05, 4.69) is 0 Å². The second kappa shape index (κ2) is 5.34. The highest BCUT2D eigenvalue weighted by atomic mass is 32.2. The molecule has 1 fully saturated rings. The van der Waals surface area contributed by atoms with Crippen LogP contribution in [0.3, 0.4) is 0 Å². The van der Waals surface area contributed by atoms with Crippen LogP contribution in [-0.2, 0) is 14.4 Å². The molecule has 0 aromatic carbocycles. The molecule has 0 spiro atoms. The van der Waals surface area contributed by atoms with Crippen molar-refractivity contribution in [2.24, 2.45) is 0 Å². The van der Waals surface area contributed by atoms with E-state index in [4.69, 9.17) is 5.11 Å². The van der Waals surface area contributed by atoms with E-state index >= 15 is 0 Å². The number of hydrogen-bond donors (Lipinski definition) is 1. The van der Waals surface area contributed by atoms with E-state index in [1.807, 2.05) is 0 Å². The number of hydrogen-bond acceptors (Lipinski definition) is 4. The first kappa shape index (κ1) is 13.0. The lowest BCUT2D eigenvalue weighted by molar-refractivity contribution is -0.138. The molecule has 6 heteroatoms. The summed E-state index contributed by atoms with van der Waals surface area (Å²) < 4.78 is 0. The fourth-order valence-electron chi connectivity index (χ4n) is 1.67. The molecule has 0 saturated carbocycles. The summed E-state index contributed by atoms with van der Waals surface area (Å²) in [4.78, 5) is 34.8. The predicted molar refractivity (Wildman–Crippen MR) is 60.1 cm³/mol. The Bertz CT molecular complexity index is 318. The Morgan fingerprint density at radius 3 is 2.69 bits per heavy atom. The van der Waals surface area contributed by atoms with Crippen LogP contribution in [0.25, 0.3) is 0 Å². The highest BCUT2D eigenvalue weighted by Crippen LogP contribution is 2.29. The van der Waals surface area contributed by atoms with Gasteiger partial charge in [-0.25, -0.2) is 0 Å². The normalized spacial score (nSPS) is 22.6. The molecule has 90 valence electrons. The van der Waals surface area contributed by atoms with Crippen LogP contribution in [0.1, 0.15) is 26.7 Å². The Hall–Kier alpha value is -1.04. The molecule has 0 bridgehead atoms. The van der Waals surface area contributed by atoms with Gasteiger partial charge in [-0.15, -0.1) is 11.8 Å². The van der Waals surface area contributed by atoms with Crippen LogP contribution in [0.2, 0.25) is 0 Å². The molecule has 2 unspecified atom stereocenters. The van der Waals surface area contributed by atoms with Crippen LogP contribution >= 0.6 is 11.8 Å². The molecule has 1 heterocycles. The zero-order chi connectivity index (χ0) is 12.3. The minimum Gasteiger partial charge on any atom is -0.481 e. The summed E-state index contributed by atoms with van der Waals surface area (Å²) in [7, 11) is 0. The van der Waals surface area contributed by atoms with Crippen LogP contribution in [-0.4, -0.2) is 44.8 Å². The number of aliphatic carboxylic acids is 1. The lowest BCUT2D eigenvalue weighted by atomic mass is 10.3. The van der Waals surface area contributed by atoms with Gasteiger partial charge in [0.2, 0.25) is 11.8 Å². The van der Waals surface area contributed by atoms with Crippen LogP contribution in [0.4, 0.5) is 0 Å². The number of imide groups is 1. The van der Waals surface area contributed by atoms with E-state index in [0.717, 1.165) is 0 Å². The van der Waals surface area contributed by atoms with Gasteiger partial charge in [-0.05, 0) is 6.92 Å². The molecule has 1 aliphatic heterocycles. The molecule has 1 saturated heterocycles. The molecule has 1 aliphatic rings. The Morgan fingerprint density at radius 1 is 1.62 bits per heavy atom. The second-order valence-electron chi connectivity index (χ2n) is 3.71. The van der Waals surface area contributed by atoms with Crippen molar-refractivity contribution in [1.29, 1.82) is 0 Å². The highest BCUT2D eigenvalue weighted by Gasteiger charge is 2.38. The molecule has 0 aliphatic carbocycles. The number of carboxylic acids is 1. The number of likely N-dealkylation sites (tertiary alicyclic amines) is 1. The SMILES string of the molecule is CCN1C(=O)CC(SC(C)CC(=O)O)C1=O. The van der Waals surface area contributed by atoms with E-state index in [0.29, 0.717) is 6.54 Å². The van der Waals surface area contributed by atoms with Crippen LogP contribution in [0.5, 0.6) is 0 Å². The fourth-order valence-corrected chi connectivity index (χ4v) is 2.95. The first-order valence-corrected chi connectivity index (χ1v) is 6.11. The molecule has 16 heavy (non-hydrogen) atoms. The summed E-state index contributed by atoms with van der Waals surface area (Å²) in [6.45, 7) is 3.90. The van der Waals surface area contributed by atoms with Gasteiger partial charge >= 0.3 is 5.97 Å². The maximum atomic E-state index is 11.7. The summed E-state index contributed by atoms with van der Waals surface area (Å²) >= 11 is 1.27. The molecule has 0 aromatic heterocycles. The van der Waals surface area contributed by atoms with Crippen molar-refractivity contribution in [1.82, 2.24) is 4.90 Å². The van der Waals surface area contributed by atoms with Crippen molar-refractivity contribution in [2.45, 2.75) is 37.2 Å². The summed E-state index contributed by atoms with van der Waals surface area (Å²) in [5.41, 5.74) is 0. The molecule has 0 aromatic rings. The molecule has 5 nitrogen and oxygen atoms in total. The number of thioether (sulfide) groups is 1. The second-order valence-corrected chi connectivity index (χ2v) is 5.36. The van der Waals surface area contributed by atoms with Gasteiger partial charge in [0.1, 0.15) is 0 Å². The van der Waals surface area contributed by atoms with Crippen LogP contribution in [0, 0.1) is 0 Å². The van der Waals surface area contributed by atoms with Crippen molar-refractivity contribution in [3.8, 4) is 0 Å². The lowest BCUT2D eigenvalue weighted by Crippen LogP contribution is -2.31. The van der Waals surface area contributed by atoms with Crippen molar-refractivity contribution in [2.75, 3.05) is 6.54 Å². The van der Waals surface area contributed by atoms with Crippen LogP contribution < -0.4 is 0 Å². The minimum absolute atomic E-state index is 0.00869. The summed E-state index contributed by atoms with van der Waals surface area (Å²) in [5.74, 6) is -1.23. The van der Waals surface area contributed by atoms with Gasteiger partial charge in [-0.1, -0.05) is 6.92 Å². The highest BCUT2D eigenvalue weighted by molar-refractivity contribution is 8.01. The van der Waals surface area contributed by atoms with E-state index in [1.54, 1.807) is 13.8 Å². The lowest BCUT2D eigenvalue weighted by Gasteiger charge is -2.14. The van der Waals surface area contributed by atoms with Crippen LogP contribution in [0.15, 0.2) is 0 Å². The third-order valence-corrected chi connectivity index (χ3v) is 3.71. The Kier molecular flexibility index (Phi) is 4.35. The average Bonchev–Trinajstić information content (AvgIpc) is 2.40.